The Hall–Kier alpha value is -1.20. The standard InChI is InChI=1S/C12H15BrN4/c1-2-17-12(10(13)8-16-17)11(14)7-9-3-5-15-6-4-9/h3-6,8,11H,2,7,14H2,1H3. The van der Waals surface area contributed by atoms with Crippen LogP contribution >= 0.6 is 15.9 Å². The van der Waals surface area contributed by atoms with Gasteiger partial charge in [0.05, 0.1) is 22.4 Å². The topological polar surface area (TPSA) is 56.7 Å². The van der Waals surface area contributed by atoms with E-state index in [-0.39, 0.29) is 6.04 Å². The van der Waals surface area contributed by atoms with Crippen LogP contribution < -0.4 is 5.73 Å². The lowest BCUT2D eigenvalue weighted by molar-refractivity contribution is 0.567. The number of hydrogen-bond acceptors (Lipinski definition) is 3. The van der Waals surface area contributed by atoms with Gasteiger partial charge in [-0.3, -0.25) is 9.67 Å². The summed E-state index contributed by atoms with van der Waals surface area (Å²) in [7, 11) is 0. The lowest BCUT2D eigenvalue weighted by Gasteiger charge is -2.14. The first-order chi connectivity index (χ1) is 8.22. The van der Waals surface area contributed by atoms with Crippen LogP contribution in [0.1, 0.15) is 24.2 Å². The van der Waals surface area contributed by atoms with Gasteiger partial charge in [-0.15, -0.1) is 0 Å². The smallest absolute Gasteiger partial charge is 0.0696 e. The molecule has 0 aliphatic rings. The van der Waals surface area contributed by atoms with Crippen LogP contribution in [0, 0.1) is 0 Å². The van der Waals surface area contributed by atoms with E-state index in [0.717, 1.165) is 23.1 Å². The summed E-state index contributed by atoms with van der Waals surface area (Å²) in [6, 6.07) is 3.91. The molecule has 0 saturated heterocycles. The van der Waals surface area contributed by atoms with Crippen LogP contribution in [0.3, 0.4) is 0 Å². The predicted octanol–water partition coefficient (Wildman–Crippen LogP) is 2.30. The maximum absolute atomic E-state index is 6.24. The summed E-state index contributed by atoms with van der Waals surface area (Å²) in [5, 5.41) is 4.27. The molecule has 0 spiro atoms. The first kappa shape index (κ1) is 12.3. The van der Waals surface area contributed by atoms with E-state index in [2.05, 4.69) is 32.9 Å². The van der Waals surface area contributed by atoms with Gasteiger partial charge in [-0.1, -0.05) is 0 Å². The van der Waals surface area contributed by atoms with Gasteiger partial charge in [0, 0.05) is 18.9 Å². The molecule has 0 aliphatic heterocycles. The van der Waals surface area contributed by atoms with Crippen LogP contribution in [0.2, 0.25) is 0 Å². The number of nitrogens with zero attached hydrogens (tertiary/aromatic N) is 3. The number of hydrogen-bond donors (Lipinski definition) is 1. The van der Waals surface area contributed by atoms with Gasteiger partial charge in [0.25, 0.3) is 0 Å². The summed E-state index contributed by atoms with van der Waals surface area (Å²) in [4.78, 5) is 4.00. The highest BCUT2D eigenvalue weighted by Crippen LogP contribution is 2.24. The molecule has 17 heavy (non-hydrogen) atoms. The average Bonchev–Trinajstić information content (AvgIpc) is 2.71. The number of pyridine rings is 1. The molecule has 5 heteroatoms. The molecule has 0 aliphatic carbocycles. The van der Waals surface area contributed by atoms with Crippen LogP contribution in [-0.4, -0.2) is 14.8 Å². The van der Waals surface area contributed by atoms with Gasteiger partial charge in [0.15, 0.2) is 0 Å². The third kappa shape index (κ3) is 2.73. The second-order valence-electron chi connectivity index (χ2n) is 3.86. The van der Waals surface area contributed by atoms with Crippen molar-refractivity contribution in [2.75, 3.05) is 0 Å². The van der Waals surface area contributed by atoms with Crippen molar-refractivity contribution in [1.29, 1.82) is 0 Å². The number of aromatic nitrogens is 3. The molecule has 2 N–H and O–H groups in total. The van der Waals surface area contributed by atoms with Gasteiger partial charge in [0.2, 0.25) is 0 Å². The second kappa shape index (κ2) is 5.42. The lowest BCUT2D eigenvalue weighted by Crippen LogP contribution is -2.18. The van der Waals surface area contributed by atoms with Crippen LogP contribution in [0.5, 0.6) is 0 Å². The maximum Gasteiger partial charge on any atom is 0.0696 e. The molecule has 0 radical (unpaired) electrons. The van der Waals surface area contributed by atoms with E-state index >= 15 is 0 Å². The van der Waals surface area contributed by atoms with E-state index < -0.39 is 0 Å². The number of rotatable bonds is 4. The third-order valence-corrected chi connectivity index (χ3v) is 3.30. The zero-order chi connectivity index (χ0) is 12.3. The van der Waals surface area contributed by atoms with Gasteiger partial charge in [0.1, 0.15) is 0 Å². The average molecular weight is 295 g/mol. The van der Waals surface area contributed by atoms with E-state index in [1.165, 1.54) is 5.56 Å². The highest BCUT2D eigenvalue weighted by Gasteiger charge is 2.16. The molecule has 0 bridgehead atoms. The van der Waals surface area contributed by atoms with Gasteiger partial charge < -0.3 is 5.73 Å². The summed E-state index contributed by atoms with van der Waals surface area (Å²) in [5.41, 5.74) is 8.47. The Labute approximate surface area is 109 Å². The molecule has 0 aromatic carbocycles. The molecular formula is C12H15BrN4. The minimum atomic E-state index is -0.0609. The molecule has 4 nitrogen and oxygen atoms in total. The number of aryl methyl sites for hydroxylation is 1. The minimum Gasteiger partial charge on any atom is -0.322 e. The summed E-state index contributed by atoms with van der Waals surface area (Å²) in [6.07, 6.45) is 6.15. The number of halogens is 1. The predicted molar refractivity (Wildman–Crippen MR) is 70.5 cm³/mol. The molecule has 2 heterocycles. The van der Waals surface area contributed by atoms with Crippen LogP contribution in [0.15, 0.2) is 35.2 Å². The highest BCUT2D eigenvalue weighted by molar-refractivity contribution is 9.10. The molecule has 2 rings (SSSR count). The van der Waals surface area contributed by atoms with Crippen molar-refractivity contribution in [3.63, 3.8) is 0 Å². The Morgan fingerprint density at radius 3 is 2.76 bits per heavy atom. The van der Waals surface area contributed by atoms with Crippen molar-refractivity contribution >= 4 is 15.9 Å². The van der Waals surface area contributed by atoms with Crippen molar-refractivity contribution < 1.29 is 0 Å². The van der Waals surface area contributed by atoms with Crippen molar-refractivity contribution in [2.24, 2.45) is 5.73 Å². The summed E-state index contributed by atoms with van der Waals surface area (Å²) in [5.74, 6) is 0. The summed E-state index contributed by atoms with van der Waals surface area (Å²) in [6.45, 7) is 2.88. The molecule has 1 atom stereocenters. The Kier molecular flexibility index (Phi) is 3.91. The van der Waals surface area contributed by atoms with Crippen LogP contribution in [0.25, 0.3) is 0 Å². The maximum atomic E-state index is 6.24. The van der Waals surface area contributed by atoms with Gasteiger partial charge in [-0.05, 0) is 47.0 Å². The Balaban J connectivity index is 2.20. The van der Waals surface area contributed by atoms with Crippen molar-refractivity contribution in [1.82, 2.24) is 14.8 Å². The fourth-order valence-corrected chi connectivity index (χ4v) is 2.45. The summed E-state index contributed by atoms with van der Waals surface area (Å²) >= 11 is 3.50. The molecule has 1 unspecified atom stereocenters. The van der Waals surface area contributed by atoms with Gasteiger partial charge in [-0.2, -0.15) is 5.10 Å². The molecule has 0 amide bonds. The zero-order valence-electron chi connectivity index (χ0n) is 9.68. The van der Waals surface area contributed by atoms with E-state index in [9.17, 15) is 0 Å². The first-order valence-electron chi connectivity index (χ1n) is 5.58. The Morgan fingerprint density at radius 1 is 1.41 bits per heavy atom. The fraction of sp³-hybridized carbons (Fsp3) is 0.333. The molecule has 0 saturated carbocycles. The largest absolute Gasteiger partial charge is 0.322 e. The molecule has 90 valence electrons. The lowest BCUT2D eigenvalue weighted by atomic mass is 10.1. The fourth-order valence-electron chi connectivity index (χ4n) is 1.86. The first-order valence-corrected chi connectivity index (χ1v) is 6.37. The normalized spacial score (nSPS) is 12.6. The molecule has 0 fully saturated rings. The monoisotopic (exact) mass is 294 g/mol. The van der Waals surface area contributed by atoms with Crippen molar-refractivity contribution in [3.8, 4) is 0 Å². The molecule has 2 aromatic heterocycles. The van der Waals surface area contributed by atoms with Gasteiger partial charge >= 0.3 is 0 Å². The van der Waals surface area contributed by atoms with Crippen molar-refractivity contribution in [3.05, 3.63) is 46.5 Å². The van der Waals surface area contributed by atoms with E-state index in [4.69, 9.17) is 5.73 Å². The van der Waals surface area contributed by atoms with E-state index in [1.807, 2.05) is 16.8 Å². The SMILES string of the molecule is CCn1ncc(Br)c1C(N)Cc1ccncc1. The molecular weight excluding hydrogens is 280 g/mol. The van der Waals surface area contributed by atoms with Crippen LogP contribution in [-0.2, 0) is 13.0 Å². The van der Waals surface area contributed by atoms with Crippen LogP contribution in [0.4, 0.5) is 0 Å². The Morgan fingerprint density at radius 2 is 2.12 bits per heavy atom. The second-order valence-corrected chi connectivity index (χ2v) is 4.71. The Bertz CT molecular complexity index is 481. The van der Waals surface area contributed by atoms with E-state index in [0.29, 0.717) is 0 Å². The summed E-state index contributed by atoms with van der Waals surface area (Å²) < 4.78 is 2.90. The number of nitrogens with two attached hydrogens (primary N) is 1. The quantitative estimate of drug-likeness (QED) is 0.941. The third-order valence-electron chi connectivity index (χ3n) is 2.69. The van der Waals surface area contributed by atoms with Gasteiger partial charge in [-0.25, -0.2) is 0 Å². The molecule has 2 aromatic rings. The zero-order valence-corrected chi connectivity index (χ0v) is 11.3. The van der Waals surface area contributed by atoms with Crippen molar-refractivity contribution in [2.45, 2.75) is 25.9 Å². The van der Waals surface area contributed by atoms with E-state index in [1.54, 1.807) is 18.6 Å². The highest BCUT2D eigenvalue weighted by atomic mass is 79.9. The minimum absolute atomic E-state index is 0.0609.